The van der Waals surface area contributed by atoms with Gasteiger partial charge in [0.2, 0.25) is 5.91 Å². The lowest BCUT2D eigenvalue weighted by molar-refractivity contribution is -0.117. The number of rotatable bonds is 5. The smallest absolute Gasteiger partial charge is 0.225 e. The monoisotopic (exact) mass is 234 g/mol. The summed E-state index contributed by atoms with van der Waals surface area (Å²) in [7, 11) is 0. The van der Waals surface area contributed by atoms with Gasteiger partial charge in [-0.2, -0.15) is 0 Å². The third kappa shape index (κ3) is 2.68. The molecule has 92 valence electrons. The van der Waals surface area contributed by atoms with Gasteiger partial charge in [0.1, 0.15) is 5.76 Å². The standard InChI is InChI=1S/C13H18N2O2/c1-8-6-12(15-17-8)14-13(16)7-11(9-2-3-9)10-4-5-10/h6,9-11H,2-5,7H2,1H3,(H,14,15,16). The van der Waals surface area contributed by atoms with Crippen molar-refractivity contribution in [2.45, 2.75) is 39.0 Å². The Hall–Kier alpha value is -1.32. The quantitative estimate of drug-likeness (QED) is 0.852. The van der Waals surface area contributed by atoms with E-state index in [1.54, 1.807) is 6.07 Å². The molecule has 0 bridgehead atoms. The van der Waals surface area contributed by atoms with E-state index < -0.39 is 0 Å². The molecule has 0 radical (unpaired) electrons. The van der Waals surface area contributed by atoms with E-state index >= 15 is 0 Å². The Labute approximate surface area is 101 Å². The number of aromatic nitrogens is 1. The molecule has 0 spiro atoms. The zero-order valence-electron chi connectivity index (χ0n) is 10.1. The topological polar surface area (TPSA) is 55.1 Å². The van der Waals surface area contributed by atoms with Crippen LogP contribution in [0.1, 0.15) is 37.9 Å². The van der Waals surface area contributed by atoms with E-state index in [9.17, 15) is 4.79 Å². The van der Waals surface area contributed by atoms with E-state index in [1.165, 1.54) is 25.7 Å². The minimum atomic E-state index is 0.0853. The fraction of sp³-hybridized carbons (Fsp3) is 0.692. The fourth-order valence-corrected chi connectivity index (χ4v) is 2.60. The van der Waals surface area contributed by atoms with Crippen molar-refractivity contribution in [3.8, 4) is 0 Å². The van der Waals surface area contributed by atoms with E-state index in [2.05, 4.69) is 10.5 Å². The number of anilines is 1. The van der Waals surface area contributed by atoms with Crippen LogP contribution in [0.2, 0.25) is 0 Å². The van der Waals surface area contributed by atoms with Crippen LogP contribution in [0.5, 0.6) is 0 Å². The van der Waals surface area contributed by atoms with Gasteiger partial charge in [-0.25, -0.2) is 0 Å². The molecule has 2 aliphatic rings. The molecule has 2 fully saturated rings. The molecule has 0 atom stereocenters. The number of hydrogen-bond donors (Lipinski definition) is 1. The van der Waals surface area contributed by atoms with Crippen molar-refractivity contribution < 1.29 is 9.32 Å². The Morgan fingerprint density at radius 3 is 2.59 bits per heavy atom. The number of nitrogens with one attached hydrogen (secondary N) is 1. The SMILES string of the molecule is Cc1cc(NC(=O)CC(C2CC2)C2CC2)no1. The predicted octanol–water partition coefficient (Wildman–Crippen LogP) is 2.75. The number of hydrogen-bond acceptors (Lipinski definition) is 3. The molecule has 4 heteroatoms. The first-order valence-electron chi connectivity index (χ1n) is 6.45. The van der Waals surface area contributed by atoms with Crippen LogP contribution in [0.25, 0.3) is 0 Å². The van der Waals surface area contributed by atoms with E-state index in [-0.39, 0.29) is 5.91 Å². The van der Waals surface area contributed by atoms with Crippen molar-refractivity contribution in [3.05, 3.63) is 11.8 Å². The first-order chi connectivity index (χ1) is 8.22. The van der Waals surface area contributed by atoms with Gasteiger partial charge in [-0.05, 0) is 50.4 Å². The van der Waals surface area contributed by atoms with Crippen molar-refractivity contribution in [2.24, 2.45) is 17.8 Å². The van der Waals surface area contributed by atoms with Gasteiger partial charge in [-0.15, -0.1) is 0 Å². The highest BCUT2D eigenvalue weighted by Crippen LogP contribution is 2.50. The van der Waals surface area contributed by atoms with Gasteiger partial charge < -0.3 is 9.84 Å². The van der Waals surface area contributed by atoms with Crippen LogP contribution >= 0.6 is 0 Å². The maximum absolute atomic E-state index is 11.9. The second kappa shape index (κ2) is 4.17. The molecule has 17 heavy (non-hydrogen) atoms. The lowest BCUT2D eigenvalue weighted by Gasteiger charge is -2.13. The van der Waals surface area contributed by atoms with Gasteiger partial charge in [0.15, 0.2) is 5.82 Å². The molecule has 1 amide bonds. The molecular formula is C13H18N2O2. The van der Waals surface area contributed by atoms with E-state index in [0.29, 0.717) is 18.2 Å². The van der Waals surface area contributed by atoms with E-state index in [4.69, 9.17) is 4.52 Å². The average molecular weight is 234 g/mol. The highest BCUT2D eigenvalue weighted by Gasteiger charge is 2.42. The highest BCUT2D eigenvalue weighted by molar-refractivity contribution is 5.89. The first kappa shape index (κ1) is 10.8. The summed E-state index contributed by atoms with van der Waals surface area (Å²) in [6, 6.07) is 1.75. The molecule has 3 rings (SSSR count). The van der Waals surface area contributed by atoms with Crippen molar-refractivity contribution >= 4 is 11.7 Å². The number of amides is 1. The summed E-state index contributed by atoms with van der Waals surface area (Å²) >= 11 is 0. The summed E-state index contributed by atoms with van der Waals surface area (Å²) < 4.78 is 4.93. The third-order valence-electron chi connectivity index (χ3n) is 3.77. The van der Waals surface area contributed by atoms with Gasteiger partial charge in [-0.3, -0.25) is 4.79 Å². The Morgan fingerprint density at radius 1 is 1.47 bits per heavy atom. The molecule has 1 heterocycles. The van der Waals surface area contributed by atoms with Crippen molar-refractivity contribution in [2.75, 3.05) is 5.32 Å². The zero-order chi connectivity index (χ0) is 11.8. The predicted molar refractivity (Wildman–Crippen MR) is 63.4 cm³/mol. The molecule has 2 aliphatic carbocycles. The van der Waals surface area contributed by atoms with Crippen LogP contribution in [0.15, 0.2) is 10.6 Å². The Kier molecular flexibility index (Phi) is 2.65. The number of carbonyl (C=O) groups is 1. The molecule has 1 aromatic rings. The van der Waals surface area contributed by atoms with Crippen molar-refractivity contribution in [3.63, 3.8) is 0 Å². The molecule has 4 nitrogen and oxygen atoms in total. The lowest BCUT2D eigenvalue weighted by atomic mass is 9.94. The second-order valence-electron chi connectivity index (χ2n) is 5.41. The molecular weight excluding hydrogens is 216 g/mol. The van der Waals surface area contributed by atoms with Gasteiger partial charge in [0.05, 0.1) is 0 Å². The molecule has 0 aliphatic heterocycles. The first-order valence-corrected chi connectivity index (χ1v) is 6.45. The molecule has 2 saturated carbocycles. The summed E-state index contributed by atoms with van der Waals surface area (Å²) in [5, 5.41) is 6.59. The molecule has 0 saturated heterocycles. The normalized spacial score (nSPS) is 19.6. The zero-order valence-corrected chi connectivity index (χ0v) is 10.1. The summed E-state index contributed by atoms with van der Waals surface area (Å²) in [6.07, 6.45) is 5.92. The van der Waals surface area contributed by atoms with Crippen LogP contribution in [0.4, 0.5) is 5.82 Å². The molecule has 0 aromatic carbocycles. The van der Waals surface area contributed by atoms with Crippen LogP contribution < -0.4 is 5.32 Å². The van der Waals surface area contributed by atoms with E-state index in [0.717, 1.165) is 17.6 Å². The minimum Gasteiger partial charge on any atom is -0.360 e. The number of nitrogens with zero attached hydrogens (tertiary/aromatic N) is 1. The fourth-order valence-electron chi connectivity index (χ4n) is 2.60. The summed E-state index contributed by atoms with van der Waals surface area (Å²) in [6.45, 7) is 1.82. The van der Waals surface area contributed by atoms with Crippen LogP contribution in [0, 0.1) is 24.7 Å². The molecule has 0 unspecified atom stereocenters. The molecule has 1 N–H and O–H groups in total. The lowest BCUT2D eigenvalue weighted by Crippen LogP contribution is -2.19. The summed E-state index contributed by atoms with van der Waals surface area (Å²) in [5.74, 6) is 3.59. The third-order valence-corrected chi connectivity index (χ3v) is 3.77. The van der Waals surface area contributed by atoms with Crippen LogP contribution in [0.3, 0.4) is 0 Å². The Bertz CT molecular complexity index is 407. The maximum Gasteiger partial charge on any atom is 0.225 e. The second-order valence-corrected chi connectivity index (χ2v) is 5.41. The van der Waals surface area contributed by atoms with Crippen molar-refractivity contribution in [1.29, 1.82) is 0 Å². The Balaban J connectivity index is 1.55. The molecule has 1 aromatic heterocycles. The maximum atomic E-state index is 11.9. The highest BCUT2D eigenvalue weighted by atomic mass is 16.5. The van der Waals surface area contributed by atoms with Gasteiger partial charge in [0.25, 0.3) is 0 Å². The largest absolute Gasteiger partial charge is 0.360 e. The average Bonchev–Trinajstić information content (AvgIpc) is 3.17. The number of aryl methyl sites for hydroxylation is 1. The van der Waals surface area contributed by atoms with Crippen molar-refractivity contribution in [1.82, 2.24) is 5.16 Å². The Morgan fingerprint density at radius 2 is 2.12 bits per heavy atom. The van der Waals surface area contributed by atoms with Gasteiger partial charge in [0, 0.05) is 12.5 Å². The van der Waals surface area contributed by atoms with Crippen LogP contribution in [-0.4, -0.2) is 11.1 Å². The van der Waals surface area contributed by atoms with Crippen LogP contribution in [-0.2, 0) is 4.79 Å². The van der Waals surface area contributed by atoms with E-state index in [1.807, 2.05) is 6.92 Å². The summed E-state index contributed by atoms with van der Waals surface area (Å²) in [5.41, 5.74) is 0. The minimum absolute atomic E-state index is 0.0853. The van der Waals surface area contributed by atoms with Gasteiger partial charge in [-0.1, -0.05) is 5.16 Å². The number of carbonyl (C=O) groups excluding carboxylic acids is 1. The van der Waals surface area contributed by atoms with Gasteiger partial charge >= 0.3 is 0 Å². The summed E-state index contributed by atoms with van der Waals surface area (Å²) in [4.78, 5) is 11.9.